The van der Waals surface area contributed by atoms with Crippen molar-refractivity contribution in [2.45, 2.75) is 39.5 Å². The van der Waals surface area contributed by atoms with E-state index in [1.165, 1.54) is 11.3 Å². The predicted octanol–water partition coefficient (Wildman–Crippen LogP) is 3.22. The fraction of sp³-hybridized carbons (Fsp3) is 0.400. The first kappa shape index (κ1) is 24.6. The van der Waals surface area contributed by atoms with E-state index < -0.39 is 36.3 Å². The lowest BCUT2D eigenvalue weighted by atomic mass is 9.88. The monoisotopic (exact) mass is 498 g/mol. The Morgan fingerprint density at radius 2 is 1.80 bits per heavy atom. The molecule has 0 spiro atoms. The Balaban J connectivity index is 1.32. The van der Waals surface area contributed by atoms with Gasteiger partial charge in [-0.2, -0.15) is 0 Å². The number of thiophene rings is 1. The fourth-order valence-corrected chi connectivity index (χ4v) is 5.70. The van der Waals surface area contributed by atoms with Crippen LogP contribution < -0.4 is 5.32 Å². The van der Waals surface area contributed by atoms with Crippen LogP contribution >= 0.6 is 11.3 Å². The minimum Gasteiger partial charge on any atom is -0.462 e. The van der Waals surface area contributed by atoms with Gasteiger partial charge in [0.2, 0.25) is 0 Å². The van der Waals surface area contributed by atoms with Crippen LogP contribution in [0.4, 0.5) is 5.00 Å². The lowest BCUT2D eigenvalue weighted by molar-refractivity contribution is -0.147. The van der Waals surface area contributed by atoms with Gasteiger partial charge in [0, 0.05) is 11.4 Å². The van der Waals surface area contributed by atoms with Gasteiger partial charge in [0.1, 0.15) is 5.00 Å². The van der Waals surface area contributed by atoms with Crippen molar-refractivity contribution in [3.63, 3.8) is 0 Å². The van der Waals surface area contributed by atoms with E-state index in [1.807, 2.05) is 0 Å². The molecule has 0 fully saturated rings. The molecule has 2 aliphatic rings. The topological polar surface area (TPSA) is 119 Å². The largest absolute Gasteiger partial charge is 0.462 e. The normalized spacial score (nSPS) is 16.5. The number of esters is 2. The molecule has 0 radical (unpaired) electrons. The van der Waals surface area contributed by atoms with Crippen molar-refractivity contribution >= 4 is 46.0 Å². The summed E-state index contributed by atoms with van der Waals surface area (Å²) in [6, 6.07) is 6.45. The number of carbonyl (C=O) groups excluding carboxylic acids is 5. The summed E-state index contributed by atoms with van der Waals surface area (Å²) in [5.74, 6) is -2.22. The van der Waals surface area contributed by atoms with Gasteiger partial charge >= 0.3 is 11.9 Å². The van der Waals surface area contributed by atoms with Crippen LogP contribution in [0.3, 0.4) is 0 Å². The molecule has 0 bridgehead atoms. The van der Waals surface area contributed by atoms with Crippen LogP contribution in [0.25, 0.3) is 0 Å². The molecule has 1 aromatic heterocycles. The molecule has 10 heteroatoms. The Morgan fingerprint density at radius 1 is 1.11 bits per heavy atom. The van der Waals surface area contributed by atoms with Gasteiger partial charge in [-0.25, -0.2) is 4.79 Å². The summed E-state index contributed by atoms with van der Waals surface area (Å²) in [6.07, 6.45) is 2.28. The van der Waals surface area contributed by atoms with Gasteiger partial charge in [-0.05, 0) is 49.8 Å². The first-order valence-corrected chi connectivity index (χ1v) is 12.3. The van der Waals surface area contributed by atoms with Crippen molar-refractivity contribution in [2.24, 2.45) is 5.92 Å². The summed E-state index contributed by atoms with van der Waals surface area (Å²) >= 11 is 1.35. The van der Waals surface area contributed by atoms with Gasteiger partial charge in [0.05, 0.1) is 29.7 Å². The van der Waals surface area contributed by atoms with Crippen LogP contribution in [-0.2, 0) is 31.9 Å². The number of rotatable bonds is 8. The summed E-state index contributed by atoms with van der Waals surface area (Å²) < 4.78 is 10.2. The maximum absolute atomic E-state index is 12.6. The molecule has 0 saturated carbocycles. The van der Waals surface area contributed by atoms with Gasteiger partial charge in [-0.15, -0.1) is 11.3 Å². The number of imide groups is 1. The molecule has 9 nitrogen and oxygen atoms in total. The Hall–Kier alpha value is -3.53. The molecule has 1 atom stereocenters. The highest BCUT2D eigenvalue weighted by molar-refractivity contribution is 7.17. The molecule has 0 saturated heterocycles. The van der Waals surface area contributed by atoms with Crippen LogP contribution in [0.5, 0.6) is 0 Å². The molecule has 1 aromatic carbocycles. The van der Waals surface area contributed by atoms with Gasteiger partial charge in [0.25, 0.3) is 17.7 Å². The molecule has 2 aromatic rings. The third kappa shape index (κ3) is 5.12. The molecule has 1 aliphatic carbocycles. The number of ether oxygens (including phenoxy) is 2. The zero-order chi connectivity index (χ0) is 25.1. The van der Waals surface area contributed by atoms with Crippen molar-refractivity contribution in [2.75, 3.05) is 25.1 Å². The second-order valence-corrected chi connectivity index (χ2v) is 9.65. The maximum Gasteiger partial charge on any atom is 0.341 e. The minimum absolute atomic E-state index is 0.143. The number of hydrogen-bond acceptors (Lipinski definition) is 8. The van der Waals surface area contributed by atoms with E-state index in [4.69, 9.17) is 9.47 Å². The van der Waals surface area contributed by atoms with Crippen LogP contribution in [0.1, 0.15) is 68.2 Å². The summed E-state index contributed by atoms with van der Waals surface area (Å²) in [5, 5.41) is 3.08. The molecule has 2 heterocycles. The zero-order valence-corrected chi connectivity index (χ0v) is 20.4. The number of anilines is 1. The number of fused-ring (bicyclic) bond motifs is 2. The molecule has 3 amide bonds. The first-order valence-electron chi connectivity index (χ1n) is 11.5. The third-order valence-electron chi connectivity index (χ3n) is 6.03. The van der Waals surface area contributed by atoms with Crippen LogP contribution in [-0.4, -0.2) is 54.3 Å². The van der Waals surface area contributed by atoms with Crippen molar-refractivity contribution in [1.82, 2.24) is 4.90 Å². The van der Waals surface area contributed by atoms with E-state index in [1.54, 1.807) is 31.2 Å². The lowest BCUT2D eigenvalue weighted by Gasteiger charge is -2.18. The second kappa shape index (κ2) is 10.4. The first-order chi connectivity index (χ1) is 16.8. The Labute approximate surface area is 206 Å². The molecular weight excluding hydrogens is 472 g/mol. The quantitative estimate of drug-likeness (QED) is 0.438. The van der Waals surface area contributed by atoms with Gasteiger partial charge in [-0.3, -0.25) is 24.1 Å². The van der Waals surface area contributed by atoms with Crippen molar-refractivity contribution in [3.05, 3.63) is 51.4 Å². The number of nitrogens with one attached hydrogen (secondary N) is 1. The van der Waals surface area contributed by atoms with E-state index in [9.17, 15) is 24.0 Å². The van der Waals surface area contributed by atoms with Crippen LogP contribution in [0, 0.1) is 5.92 Å². The summed E-state index contributed by atoms with van der Waals surface area (Å²) in [6.45, 7) is 3.39. The number of amides is 3. The smallest absolute Gasteiger partial charge is 0.341 e. The molecule has 184 valence electrons. The molecule has 1 N–H and O–H groups in total. The number of nitrogens with zero attached hydrogens (tertiary/aromatic N) is 1. The standard InChI is InChI=1S/C25H26N2O7S/c1-3-33-25(32)21-17-9-8-14(2)12-18(17)35-22(21)26-19(28)13-34-20(29)10-11-27-23(30)15-6-4-5-7-16(15)24(27)31/h4-7,14H,3,8-13H2,1-2H3,(H,26,28). The highest BCUT2D eigenvalue weighted by Gasteiger charge is 2.35. The third-order valence-corrected chi connectivity index (χ3v) is 7.20. The zero-order valence-electron chi connectivity index (χ0n) is 19.5. The van der Waals surface area contributed by atoms with Gasteiger partial charge in [-0.1, -0.05) is 19.1 Å². The van der Waals surface area contributed by atoms with Crippen molar-refractivity contribution < 1.29 is 33.4 Å². The number of carbonyl (C=O) groups is 5. The number of hydrogen-bond donors (Lipinski definition) is 1. The lowest BCUT2D eigenvalue weighted by Crippen LogP contribution is -2.32. The highest BCUT2D eigenvalue weighted by atomic mass is 32.1. The average Bonchev–Trinajstić information content (AvgIpc) is 3.30. The van der Waals surface area contributed by atoms with E-state index in [0.29, 0.717) is 27.6 Å². The second-order valence-electron chi connectivity index (χ2n) is 8.54. The summed E-state index contributed by atoms with van der Waals surface area (Å²) in [5.41, 5.74) is 1.90. The van der Waals surface area contributed by atoms with E-state index in [0.717, 1.165) is 34.6 Å². The molecular formula is C25H26N2O7S. The van der Waals surface area contributed by atoms with Crippen molar-refractivity contribution in [1.29, 1.82) is 0 Å². The van der Waals surface area contributed by atoms with Crippen LogP contribution in [0.2, 0.25) is 0 Å². The molecule has 35 heavy (non-hydrogen) atoms. The summed E-state index contributed by atoms with van der Waals surface area (Å²) in [4.78, 5) is 64.0. The van der Waals surface area contributed by atoms with E-state index in [-0.39, 0.29) is 19.6 Å². The van der Waals surface area contributed by atoms with E-state index in [2.05, 4.69) is 12.2 Å². The minimum atomic E-state index is -0.721. The maximum atomic E-state index is 12.6. The Kier molecular flexibility index (Phi) is 7.30. The number of benzene rings is 1. The molecule has 1 unspecified atom stereocenters. The van der Waals surface area contributed by atoms with Crippen LogP contribution in [0.15, 0.2) is 24.3 Å². The highest BCUT2D eigenvalue weighted by Crippen LogP contribution is 2.40. The molecule has 4 rings (SSSR count). The fourth-order valence-electron chi connectivity index (χ4n) is 4.28. The Morgan fingerprint density at radius 3 is 2.46 bits per heavy atom. The average molecular weight is 499 g/mol. The van der Waals surface area contributed by atoms with Crippen molar-refractivity contribution in [3.8, 4) is 0 Å². The SMILES string of the molecule is CCOC(=O)c1c(NC(=O)COC(=O)CCN2C(=O)c3ccccc3C2=O)sc2c1CCC(C)C2. The van der Waals surface area contributed by atoms with Gasteiger partial charge in [0.15, 0.2) is 6.61 Å². The van der Waals surface area contributed by atoms with Gasteiger partial charge < -0.3 is 14.8 Å². The predicted molar refractivity (Wildman–Crippen MR) is 127 cm³/mol. The Bertz CT molecular complexity index is 1170. The summed E-state index contributed by atoms with van der Waals surface area (Å²) in [7, 11) is 0. The van der Waals surface area contributed by atoms with E-state index >= 15 is 0 Å². The molecule has 1 aliphatic heterocycles.